The van der Waals surface area contributed by atoms with Gasteiger partial charge < -0.3 is 10.2 Å². The van der Waals surface area contributed by atoms with Gasteiger partial charge in [-0.25, -0.2) is 4.79 Å². The SMILES string of the molecule is CC1CCN(C(=O)NCC(c2ccccc2)N2CCCC2)C1. The minimum Gasteiger partial charge on any atom is -0.336 e. The number of urea groups is 1. The van der Waals surface area contributed by atoms with Crippen molar-refractivity contribution in [3.05, 3.63) is 35.9 Å². The summed E-state index contributed by atoms with van der Waals surface area (Å²) in [7, 11) is 0. The normalized spacial score (nSPS) is 23.7. The van der Waals surface area contributed by atoms with Gasteiger partial charge in [-0.2, -0.15) is 0 Å². The highest BCUT2D eigenvalue weighted by Crippen LogP contribution is 2.24. The van der Waals surface area contributed by atoms with Crippen molar-refractivity contribution in [3.63, 3.8) is 0 Å². The predicted molar refractivity (Wildman–Crippen MR) is 88.7 cm³/mol. The van der Waals surface area contributed by atoms with Crippen LogP contribution in [0.25, 0.3) is 0 Å². The first-order valence-electron chi connectivity index (χ1n) is 8.56. The van der Waals surface area contributed by atoms with E-state index in [1.807, 2.05) is 4.90 Å². The summed E-state index contributed by atoms with van der Waals surface area (Å²) >= 11 is 0. The number of hydrogen-bond acceptors (Lipinski definition) is 2. The zero-order chi connectivity index (χ0) is 15.4. The summed E-state index contributed by atoms with van der Waals surface area (Å²) in [5.74, 6) is 0.634. The van der Waals surface area contributed by atoms with E-state index in [1.165, 1.54) is 18.4 Å². The van der Waals surface area contributed by atoms with E-state index in [9.17, 15) is 4.79 Å². The van der Waals surface area contributed by atoms with Crippen molar-refractivity contribution < 1.29 is 4.79 Å². The van der Waals surface area contributed by atoms with Crippen LogP contribution in [0.5, 0.6) is 0 Å². The molecule has 4 nitrogen and oxygen atoms in total. The fraction of sp³-hybridized carbons (Fsp3) is 0.611. The molecule has 4 heteroatoms. The number of carbonyl (C=O) groups excluding carboxylic acids is 1. The van der Waals surface area contributed by atoms with Crippen LogP contribution in [0.4, 0.5) is 4.79 Å². The van der Waals surface area contributed by atoms with Crippen LogP contribution in [0.2, 0.25) is 0 Å². The average molecular weight is 301 g/mol. The van der Waals surface area contributed by atoms with E-state index in [0.29, 0.717) is 18.5 Å². The van der Waals surface area contributed by atoms with Crippen molar-refractivity contribution in [2.75, 3.05) is 32.7 Å². The molecule has 2 amide bonds. The van der Waals surface area contributed by atoms with Crippen LogP contribution in [-0.2, 0) is 0 Å². The molecule has 2 aliphatic rings. The lowest BCUT2D eigenvalue weighted by molar-refractivity contribution is 0.195. The van der Waals surface area contributed by atoms with Crippen molar-refractivity contribution in [2.24, 2.45) is 5.92 Å². The molecule has 2 fully saturated rings. The van der Waals surface area contributed by atoms with Gasteiger partial charge in [0.25, 0.3) is 0 Å². The summed E-state index contributed by atoms with van der Waals surface area (Å²) in [6, 6.07) is 11.0. The van der Waals surface area contributed by atoms with Crippen LogP contribution in [0.15, 0.2) is 30.3 Å². The fourth-order valence-electron chi connectivity index (χ4n) is 3.60. The van der Waals surface area contributed by atoms with Crippen LogP contribution in [0.3, 0.4) is 0 Å². The van der Waals surface area contributed by atoms with E-state index in [4.69, 9.17) is 0 Å². The summed E-state index contributed by atoms with van der Waals surface area (Å²) in [4.78, 5) is 16.8. The van der Waals surface area contributed by atoms with Gasteiger partial charge in [-0.05, 0) is 43.8 Å². The summed E-state index contributed by atoms with van der Waals surface area (Å²) in [5.41, 5.74) is 1.31. The molecule has 0 aliphatic carbocycles. The summed E-state index contributed by atoms with van der Waals surface area (Å²) < 4.78 is 0. The lowest BCUT2D eigenvalue weighted by Gasteiger charge is -2.29. The average Bonchev–Trinajstić information content (AvgIpc) is 3.20. The van der Waals surface area contributed by atoms with Crippen LogP contribution < -0.4 is 5.32 Å². The van der Waals surface area contributed by atoms with Gasteiger partial charge in [0.2, 0.25) is 0 Å². The summed E-state index contributed by atoms with van der Waals surface area (Å²) in [5, 5.41) is 3.17. The monoisotopic (exact) mass is 301 g/mol. The van der Waals surface area contributed by atoms with E-state index in [-0.39, 0.29) is 6.03 Å². The van der Waals surface area contributed by atoms with E-state index in [0.717, 1.165) is 32.6 Å². The molecule has 0 aromatic heterocycles. The standard InChI is InChI=1S/C18H27N3O/c1-15-9-12-21(14-15)18(22)19-13-17(20-10-5-6-11-20)16-7-3-2-4-8-16/h2-4,7-8,15,17H,5-6,9-14H2,1H3,(H,19,22). The van der Waals surface area contributed by atoms with Gasteiger partial charge in [-0.15, -0.1) is 0 Å². The highest BCUT2D eigenvalue weighted by molar-refractivity contribution is 5.74. The van der Waals surface area contributed by atoms with Crippen molar-refractivity contribution in [2.45, 2.75) is 32.2 Å². The van der Waals surface area contributed by atoms with Gasteiger partial charge in [0.1, 0.15) is 0 Å². The summed E-state index contributed by atoms with van der Waals surface area (Å²) in [6.07, 6.45) is 3.66. The molecule has 0 saturated carbocycles. The maximum atomic E-state index is 12.3. The Bertz CT molecular complexity index is 484. The second-order valence-corrected chi connectivity index (χ2v) is 6.70. The number of carbonyl (C=O) groups is 1. The van der Waals surface area contributed by atoms with Gasteiger partial charge >= 0.3 is 6.03 Å². The lowest BCUT2D eigenvalue weighted by Crippen LogP contribution is -2.43. The van der Waals surface area contributed by atoms with Gasteiger partial charge in [-0.1, -0.05) is 37.3 Å². The molecule has 3 rings (SSSR count). The van der Waals surface area contributed by atoms with Gasteiger partial charge in [0, 0.05) is 19.6 Å². The van der Waals surface area contributed by atoms with Crippen molar-refractivity contribution in [1.82, 2.24) is 15.1 Å². The molecule has 1 aromatic rings. The number of rotatable bonds is 4. The Morgan fingerprint density at radius 1 is 1.23 bits per heavy atom. The first-order valence-corrected chi connectivity index (χ1v) is 8.56. The number of benzene rings is 1. The predicted octanol–water partition coefficient (Wildman–Crippen LogP) is 2.87. The highest BCUT2D eigenvalue weighted by atomic mass is 16.2. The highest BCUT2D eigenvalue weighted by Gasteiger charge is 2.26. The summed E-state index contributed by atoms with van der Waals surface area (Å²) in [6.45, 7) is 6.97. The van der Waals surface area contributed by atoms with Gasteiger partial charge in [-0.3, -0.25) is 4.90 Å². The first kappa shape index (κ1) is 15.3. The van der Waals surface area contributed by atoms with Crippen LogP contribution in [0, 0.1) is 5.92 Å². The molecule has 0 radical (unpaired) electrons. The van der Waals surface area contributed by atoms with E-state index in [2.05, 4.69) is 47.5 Å². The maximum Gasteiger partial charge on any atom is 0.317 e. The molecule has 0 spiro atoms. The molecule has 2 saturated heterocycles. The van der Waals surface area contributed by atoms with E-state index in [1.54, 1.807) is 0 Å². The van der Waals surface area contributed by atoms with E-state index < -0.39 is 0 Å². The smallest absolute Gasteiger partial charge is 0.317 e. The Balaban J connectivity index is 1.61. The maximum absolute atomic E-state index is 12.3. The van der Waals surface area contributed by atoms with Crippen LogP contribution in [-0.4, -0.2) is 48.6 Å². The van der Waals surface area contributed by atoms with E-state index >= 15 is 0 Å². The largest absolute Gasteiger partial charge is 0.336 e. The Labute approximate surface area is 133 Å². The topological polar surface area (TPSA) is 35.6 Å². The Kier molecular flexibility index (Phi) is 4.98. The van der Waals surface area contributed by atoms with Crippen LogP contribution in [0.1, 0.15) is 37.8 Å². The molecule has 1 N–H and O–H groups in total. The third-order valence-electron chi connectivity index (χ3n) is 4.92. The second kappa shape index (κ2) is 7.14. The number of hydrogen-bond donors (Lipinski definition) is 1. The van der Waals surface area contributed by atoms with Crippen molar-refractivity contribution in [1.29, 1.82) is 0 Å². The molecule has 2 heterocycles. The zero-order valence-electron chi connectivity index (χ0n) is 13.5. The minimum atomic E-state index is 0.101. The number of nitrogens with zero attached hydrogens (tertiary/aromatic N) is 2. The molecule has 120 valence electrons. The number of amides is 2. The molecule has 22 heavy (non-hydrogen) atoms. The number of likely N-dealkylation sites (tertiary alicyclic amines) is 2. The third-order valence-corrected chi connectivity index (χ3v) is 4.92. The van der Waals surface area contributed by atoms with Gasteiger partial charge in [0.05, 0.1) is 6.04 Å². The fourth-order valence-corrected chi connectivity index (χ4v) is 3.60. The molecule has 0 bridgehead atoms. The molecule has 1 aromatic carbocycles. The Morgan fingerprint density at radius 3 is 2.59 bits per heavy atom. The third kappa shape index (κ3) is 3.61. The lowest BCUT2D eigenvalue weighted by atomic mass is 10.1. The van der Waals surface area contributed by atoms with Crippen LogP contribution >= 0.6 is 0 Å². The molecule has 2 aliphatic heterocycles. The Hall–Kier alpha value is -1.55. The van der Waals surface area contributed by atoms with Gasteiger partial charge in [0.15, 0.2) is 0 Å². The molecular weight excluding hydrogens is 274 g/mol. The molecular formula is C18H27N3O. The molecule has 2 atom stereocenters. The van der Waals surface area contributed by atoms with Crippen molar-refractivity contribution in [3.8, 4) is 0 Å². The minimum absolute atomic E-state index is 0.101. The number of nitrogens with one attached hydrogen (secondary N) is 1. The second-order valence-electron chi connectivity index (χ2n) is 6.70. The zero-order valence-corrected chi connectivity index (χ0v) is 13.5. The quantitative estimate of drug-likeness (QED) is 0.928. The van der Waals surface area contributed by atoms with Crippen molar-refractivity contribution >= 4 is 6.03 Å². The molecule has 2 unspecified atom stereocenters. The Morgan fingerprint density at radius 2 is 1.95 bits per heavy atom. The first-order chi connectivity index (χ1) is 10.7.